The molecule has 1 heterocycles. The van der Waals surface area contributed by atoms with Crippen LogP contribution in [0.5, 0.6) is 0 Å². The molecule has 0 radical (unpaired) electrons. The van der Waals surface area contributed by atoms with Crippen LogP contribution in [0.25, 0.3) is 0 Å². The van der Waals surface area contributed by atoms with Crippen LogP contribution in [0.15, 0.2) is 9.95 Å². The summed E-state index contributed by atoms with van der Waals surface area (Å²) >= 11 is 1.60. The molecule has 1 fully saturated rings. The van der Waals surface area contributed by atoms with Crippen LogP contribution in [0.1, 0.15) is 31.7 Å². The fraction of sp³-hybridized carbons (Fsp3) is 0.600. The summed E-state index contributed by atoms with van der Waals surface area (Å²) in [6, 6.07) is 0.381. The molecule has 5 heteroatoms. The molecule has 1 aromatic heterocycles. The van der Waals surface area contributed by atoms with E-state index in [1.807, 2.05) is 0 Å². The number of nitrogens with zero attached hydrogens (tertiary/aromatic N) is 2. The number of terminal acetylenes is 1. The van der Waals surface area contributed by atoms with Crippen molar-refractivity contribution in [1.29, 1.82) is 0 Å². The van der Waals surface area contributed by atoms with Gasteiger partial charge in [0.05, 0.1) is 0 Å². The molecular weight excluding hydrogens is 210 g/mol. The van der Waals surface area contributed by atoms with E-state index in [0.717, 1.165) is 36.6 Å². The number of rotatable bonds is 5. The van der Waals surface area contributed by atoms with Crippen molar-refractivity contribution in [3.05, 3.63) is 10.5 Å². The third-order valence-electron chi connectivity index (χ3n) is 2.28. The minimum absolute atomic E-state index is 0.0862. The lowest BCUT2D eigenvalue weighted by Crippen LogP contribution is -2.16. The lowest BCUT2D eigenvalue weighted by Gasteiger charge is -2.01. The van der Waals surface area contributed by atoms with Gasteiger partial charge in [0, 0.05) is 18.2 Å². The van der Waals surface area contributed by atoms with E-state index in [1.165, 1.54) is 0 Å². The van der Waals surface area contributed by atoms with Crippen molar-refractivity contribution >= 4 is 11.8 Å². The van der Waals surface area contributed by atoms with Gasteiger partial charge in [-0.2, -0.15) is 0 Å². The minimum Gasteiger partial charge on any atom is -0.267 e. The van der Waals surface area contributed by atoms with Crippen LogP contribution in [-0.4, -0.2) is 20.5 Å². The van der Waals surface area contributed by atoms with Gasteiger partial charge in [-0.1, -0.05) is 11.8 Å². The minimum atomic E-state index is -0.0862. The van der Waals surface area contributed by atoms with Crippen molar-refractivity contribution in [2.45, 2.75) is 36.9 Å². The van der Waals surface area contributed by atoms with Gasteiger partial charge in [-0.15, -0.1) is 17.4 Å². The van der Waals surface area contributed by atoms with Gasteiger partial charge < -0.3 is 0 Å². The first-order valence-corrected chi connectivity index (χ1v) is 6.04. The molecule has 0 saturated heterocycles. The van der Waals surface area contributed by atoms with E-state index >= 15 is 0 Å². The third-order valence-corrected chi connectivity index (χ3v) is 3.32. The molecule has 0 atom stereocenters. The number of hydrogen-bond acceptors (Lipinski definition) is 3. The summed E-state index contributed by atoms with van der Waals surface area (Å²) in [4.78, 5) is 11.4. The summed E-state index contributed by atoms with van der Waals surface area (Å²) < 4.78 is 1.76. The number of H-pyrrole nitrogens is 1. The summed E-state index contributed by atoms with van der Waals surface area (Å²) in [5.41, 5.74) is -0.0862. The molecule has 1 aromatic rings. The monoisotopic (exact) mass is 223 g/mol. The maximum Gasteiger partial charge on any atom is 0.344 e. The highest BCUT2D eigenvalue weighted by Gasteiger charge is 2.28. The highest BCUT2D eigenvalue weighted by molar-refractivity contribution is 7.99. The molecule has 0 unspecified atom stereocenters. The van der Waals surface area contributed by atoms with Crippen molar-refractivity contribution in [2.75, 3.05) is 5.75 Å². The molecule has 1 saturated carbocycles. The molecule has 0 amide bonds. The molecule has 0 bridgehead atoms. The number of thioether (sulfide) groups is 1. The molecule has 0 spiro atoms. The lowest BCUT2D eigenvalue weighted by atomic mass is 10.4. The molecular formula is C10H13N3OS. The van der Waals surface area contributed by atoms with Gasteiger partial charge in [0.25, 0.3) is 0 Å². The van der Waals surface area contributed by atoms with E-state index in [4.69, 9.17) is 6.42 Å². The Bertz CT molecular complexity index is 425. The number of aromatic nitrogens is 3. The zero-order valence-electron chi connectivity index (χ0n) is 8.40. The normalized spacial score (nSPS) is 15.1. The number of unbranched alkanes of at least 4 members (excludes halogenated alkanes) is 1. The standard InChI is InChI=1S/C10H13N3OS/c1-2-3-4-7-15-10-12-11-9(14)13(10)8-5-6-8/h1,8H,3-7H2,(H,11,14). The van der Waals surface area contributed by atoms with Crippen LogP contribution in [0.2, 0.25) is 0 Å². The van der Waals surface area contributed by atoms with E-state index in [2.05, 4.69) is 16.1 Å². The van der Waals surface area contributed by atoms with Gasteiger partial charge in [-0.25, -0.2) is 9.89 Å². The van der Waals surface area contributed by atoms with Crippen molar-refractivity contribution in [3.8, 4) is 12.3 Å². The third kappa shape index (κ3) is 2.45. The predicted octanol–water partition coefficient (Wildman–Crippen LogP) is 1.41. The maximum absolute atomic E-state index is 11.4. The van der Waals surface area contributed by atoms with Crippen LogP contribution < -0.4 is 5.69 Å². The Kier molecular flexibility index (Phi) is 3.17. The van der Waals surface area contributed by atoms with E-state index in [1.54, 1.807) is 16.3 Å². The van der Waals surface area contributed by atoms with Crippen LogP contribution in [-0.2, 0) is 0 Å². The SMILES string of the molecule is C#CCCCSc1n[nH]c(=O)n1C1CC1. The van der Waals surface area contributed by atoms with Crippen LogP contribution in [0.3, 0.4) is 0 Å². The predicted molar refractivity (Wildman–Crippen MR) is 59.9 cm³/mol. The molecule has 1 aliphatic rings. The Morgan fingerprint density at radius 2 is 2.47 bits per heavy atom. The fourth-order valence-electron chi connectivity index (χ4n) is 1.38. The Morgan fingerprint density at radius 1 is 1.67 bits per heavy atom. The summed E-state index contributed by atoms with van der Waals surface area (Å²) in [5, 5.41) is 7.31. The van der Waals surface area contributed by atoms with Gasteiger partial charge in [0.1, 0.15) is 0 Å². The molecule has 80 valence electrons. The van der Waals surface area contributed by atoms with E-state index in [0.29, 0.717) is 6.04 Å². The lowest BCUT2D eigenvalue weighted by molar-refractivity contribution is 0.642. The highest BCUT2D eigenvalue weighted by Crippen LogP contribution is 2.36. The summed E-state index contributed by atoms with van der Waals surface area (Å²) in [6.07, 6.45) is 9.10. The summed E-state index contributed by atoms with van der Waals surface area (Å²) in [7, 11) is 0. The Hall–Kier alpha value is -1.15. The number of hydrogen-bond donors (Lipinski definition) is 1. The summed E-state index contributed by atoms with van der Waals surface area (Å²) in [6.45, 7) is 0. The quantitative estimate of drug-likeness (QED) is 0.466. The van der Waals surface area contributed by atoms with Crippen molar-refractivity contribution in [1.82, 2.24) is 14.8 Å². The van der Waals surface area contributed by atoms with Gasteiger partial charge in [-0.05, 0) is 19.3 Å². The smallest absolute Gasteiger partial charge is 0.267 e. The molecule has 1 aliphatic carbocycles. The fourth-order valence-corrected chi connectivity index (χ4v) is 2.34. The highest BCUT2D eigenvalue weighted by atomic mass is 32.2. The Morgan fingerprint density at radius 3 is 3.13 bits per heavy atom. The second-order valence-corrected chi connectivity index (χ2v) is 4.63. The van der Waals surface area contributed by atoms with Gasteiger partial charge >= 0.3 is 5.69 Å². The first kappa shape index (κ1) is 10.4. The zero-order chi connectivity index (χ0) is 10.7. The average molecular weight is 223 g/mol. The van der Waals surface area contributed by atoms with Crippen LogP contribution in [0, 0.1) is 12.3 Å². The van der Waals surface area contributed by atoms with E-state index < -0.39 is 0 Å². The largest absolute Gasteiger partial charge is 0.344 e. The van der Waals surface area contributed by atoms with Crippen molar-refractivity contribution < 1.29 is 0 Å². The van der Waals surface area contributed by atoms with E-state index in [9.17, 15) is 4.79 Å². The first-order valence-electron chi connectivity index (χ1n) is 5.06. The molecule has 2 rings (SSSR count). The number of aromatic amines is 1. The van der Waals surface area contributed by atoms with Crippen molar-refractivity contribution in [2.24, 2.45) is 0 Å². The Labute approximate surface area is 92.5 Å². The summed E-state index contributed by atoms with van der Waals surface area (Å²) in [5.74, 6) is 3.52. The topological polar surface area (TPSA) is 50.7 Å². The van der Waals surface area contributed by atoms with Crippen LogP contribution >= 0.6 is 11.8 Å². The molecule has 0 aromatic carbocycles. The van der Waals surface area contributed by atoms with Gasteiger partial charge in [0.15, 0.2) is 5.16 Å². The molecule has 1 N–H and O–H groups in total. The first-order chi connectivity index (χ1) is 7.33. The van der Waals surface area contributed by atoms with Gasteiger partial charge in [0.2, 0.25) is 0 Å². The molecule has 0 aliphatic heterocycles. The van der Waals surface area contributed by atoms with Crippen molar-refractivity contribution in [3.63, 3.8) is 0 Å². The average Bonchev–Trinajstić information content (AvgIpc) is 2.99. The molecule has 15 heavy (non-hydrogen) atoms. The Balaban J connectivity index is 1.96. The zero-order valence-corrected chi connectivity index (χ0v) is 9.22. The van der Waals surface area contributed by atoms with Gasteiger partial charge in [-0.3, -0.25) is 4.57 Å². The second kappa shape index (κ2) is 4.58. The number of nitrogens with one attached hydrogen (secondary N) is 1. The maximum atomic E-state index is 11.4. The second-order valence-electron chi connectivity index (χ2n) is 3.57. The van der Waals surface area contributed by atoms with E-state index in [-0.39, 0.29) is 5.69 Å². The van der Waals surface area contributed by atoms with Crippen LogP contribution in [0.4, 0.5) is 0 Å². The molecule has 4 nitrogen and oxygen atoms in total.